The summed E-state index contributed by atoms with van der Waals surface area (Å²) in [4.78, 5) is 32.7. The number of likely N-dealkylation sites (tertiary alicyclic amines) is 1. The number of unbranched alkanes of at least 4 members (excludes halogenated alkanes) is 1. The Labute approximate surface area is 245 Å². The summed E-state index contributed by atoms with van der Waals surface area (Å²) in [6.07, 6.45) is 5.40. The van der Waals surface area contributed by atoms with Crippen LogP contribution < -0.4 is 5.32 Å². The third-order valence-corrected chi connectivity index (χ3v) is 9.00. The Morgan fingerprint density at radius 1 is 0.805 bits per heavy atom. The fourth-order valence-corrected chi connectivity index (χ4v) is 6.68. The van der Waals surface area contributed by atoms with Crippen molar-refractivity contribution in [2.24, 2.45) is 5.92 Å². The first-order chi connectivity index (χ1) is 20.0. The van der Waals surface area contributed by atoms with E-state index in [2.05, 4.69) is 103 Å². The summed E-state index contributed by atoms with van der Waals surface area (Å²) in [5.74, 6) is 0.426. The average Bonchev–Trinajstić information content (AvgIpc) is 3.00. The molecule has 0 aliphatic carbocycles. The van der Waals surface area contributed by atoms with Crippen molar-refractivity contribution in [3.8, 4) is 0 Å². The van der Waals surface area contributed by atoms with Crippen LogP contribution in [0.4, 0.5) is 0 Å². The lowest BCUT2D eigenvalue weighted by atomic mass is 9.79. The van der Waals surface area contributed by atoms with Crippen molar-refractivity contribution < 1.29 is 9.59 Å². The van der Waals surface area contributed by atoms with Crippen molar-refractivity contribution in [1.82, 2.24) is 15.1 Å². The van der Waals surface area contributed by atoms with Gasteiger partial charge in [0.05, 0.1) is 0 Å². The molecule has 5 nitrogen and oxygen atoms in total. The van der Waals surface area contributed by atoms with Crippen LogP contribution in [0.5, 0.6) is 0 Å². The van der Waals surface area contributed by atoms with Crippen LogP contribution in [0.1, 0.15) is 68.6 Å². The van der Waals surface area contributed by atoms with E-state index in [1.54, 1.807) is 0 Å². The largest absolute Gasteiger partial charge is 0.342 e. The lowest BCUT2D eigenvalue weighted by Gasteiger charge is -2.52. The van der Waals surface area contributed by atoms with Crippen molar-refractivity contribution in [1.29, 1.82) is 0 Å². The third-order valence-electron chi connectivity index (χ3n) is 9.00. The number of aryl methyl sites for hydroxylation is 1. The highest BCUT2D eigenvalue weighted by Crippen LogP contribution is 2.37. The molecule has 1 unspecified atom stereocenters. The number of nitrogens with zero attached hydrogens (tertiary/aromatic N) is 2. The van der Waals surface area contributed by atoms with E-state index in [4.69, 9.17) is 0 Å². The predicted octanol–water partition coefficient (Wildman–Crippen LogP) is 6.05. The smallest absolute Gasteiger partial charge is 0.246 e. The number of hydrogen-bond donors (Lipinski definition) is 1. The Balaban J connectivity index is 1.34. The third kappa shape index (κ3) is 6.90. The molecule has 2 saturated heterocycles. The summed E-state index contributed by atoms with van der Waals surface area (Å²) in [6.45, 7) is 7.43. The van der Waals surface area contributed by atoms with Gasteiger partial charge in [-0.05, 0) is 67.7 Å². The first kappa shape index (κ1) is 29.1. The normalized spacial score (nSPS) is 19.2. The Hall–Kier alpha value is -3.44. The van der Waals surface area contributed by atoms with Crippen LogP contribution in [0, 0.1) is 5.92 Å². The number of benzene rings is 3. The van der Waals surface area contributed by atoms with E-state index in [1.165, 1.54) is 16.7 Å². The van der Waals surface area contributed by atoms with E-state index in [9.17, 15) is 9.59 Å². The van der Waals surface area contributed by atoms with E-state index in [0.29, 0.717) is 31.7 Å². The van der Waals surface area contributed by atoms with Gasteiger partial charge in [-0.1, -0.05) is 105 Å². The maximum atomic E-state index is 14.2. The zero-order valence-electron chi connectivity index (χ0n) is 24.7. The van der Waals surface area contributed by atoms with E-state index in [1.807, 2.05) is 17.0 Å². The van der Waals surface area contributed by atoms with Gasteiger partial charge in [-0.25, -0.2) is 0 Å². The lowest BCUT2D eigenvalue weighted by Crippen LogP contribution is -2.73. The number of hydrogen-bond acceptors (Lipinski definition) is 3. The highest BCUT2D eigenvalue weighted by atomic mass is 16.2. The summed E-state index contributed by atoms with van der Waals surface area (Å²) in [6, 6.07) is 31.1. The Morgan fingerprint density at radius 3 is 1.93 bits per heavy atom. The zero-order chi connectivity index (χ0) is 28.7. The van der Waals surface area contributed by atoms with Gasteiger partial charge in [0.1, 0.15) is 11.6 Å². The first-order valence-corrected chi connectivity index (χ1v) is 15.4. The molecule has 1 spiro atoms. The standard InChI is InChI=1S/C36H45N3O2/c1-28(2)26-33-34(40)39(27-32(30-17-8-4-9-18-30)31-19-10-5-11-20-31)36(35(41)37-33)21-24-38(25-22-36)23-13-12-16-29-14-6-3-7-15-29/h3-11,14-15,17-20,28,32-33H,12-13,16,21-27H2,1-2H3,(H,37,41). The van der Waals surface area contributed by atoms with Crippen molar-refractivity contribution in [3.63, 3.8) is 0 Å². The van der Waals surface area contributed by atoms with Gasteiger partial charge < -0.3 is 15.1 Å². The van der Waals surface area contributed by atoms with Crippen LogP contribution in [-0.4, -0.2) is 59.4 Å². The number of rotatable bonds is 11. The van der Waals surface area contributed by atoms with Crippen LogP contribution in [0.25, 0.3) is 0 Å². The molecule has 1 atom stereocenters. The second kappa shape index (κ2) is 13.5. The van der Waals surface area contributed by atoms with Gasteiger partial charge in [0.25, 0.3) is 0 Å². The van der Waals surface area contributed by atoms with Gasteiger partial charge in [0.15, 0.2) is 0 Å². The monoisotopic (exact) mass is 551 g/mol. The highest BCUT2D eigenvalue weighted by Gasteiger charge is 2.54. The Morgan fingerprint density at radius 2 is 1.37 bits per heavy atom. The minimum absolute atomic E-state index is 0.000147. The lowest BCUT2D eigenvalue weighted by molar-refractivity contribution is -0.161. The van der Waals surface area contributed by atoms with Crippen LogP contribution in [0.2, 0.25) is 0 Å². The van der Waals surface area contributed by atoms with Crippen LogP contribution in [0.3, 0.4) is 0 Å². The highest BCUT2D eigenvalue weighted by molar-refractivity contribution is 6.00. The molecule has 1 N–H and O–H groups in total. The Bertz CT molecular complexity index is 1210. The van der Waals surface area contributed by atoms with Crippen LogP contribution in [0.15, 0.2) is 91.0 Å². The molecule has 5 rings (SSSR count). The van der Waals surface area contributed by atoms with Gasteiger partial charge in [-0.2, -0.15) is 0 Å². The fraction of sp³-hybridized carbons (Fsp3) is 0.444. The van der Waals surface area contributed by atoms with Gasteiger partial charge in [-0.15, -0.1) is 0 Å². The summed E-state index contributed by atoms with van der Waals surface area (Å²) < 4.78 is 0. The van der Waals surface area contributed by atoms with E-state index in [-0.39, 0.29) is 17.7 Å². The Kier molecular flexibility index (Phi) is 9.56. The van der Waals surface area contributed by atoms with Crippen molar-refractivity contribution >= 4 is 11.8 Å². The maximum Gasteiger partial charge on any atom is 0.246 e. The molecule has 2 amide bonds. The number of piperidine rings is 1. The van der Waals surface area contributed by atoms with Crippen molar-refractivity contribution in [3.05, 3.63) is 108 Å². The molecule has 2 heterocycles. The molecule has 2 fully saturated rings. The van der Waals surface area contributed by atoms with E-state index >= 15 is 0 Å². The molecule has 3 aromatic carbocycles. The minimum atomic E-state index is -0.799. The molecule has 0 aromatic heterocycles. The van der Waals surface area contributed by atoms with E-state index < -0.39 is 11.6 Å². The van der Waals surface area contributed by atoms with Gasteiger partial charge in [-0.3, -0.25) is 9.59 Å². The molecule has 0 saturated carbocycles. The summed E-state index contributed by atoms with van der Waals surface area (Å²) in [5.41, 5.74) is 2.93. The van der Waals surface area contributed by atoms with Gasteiger partial charge >= 0.3 is 0 Å². The second-order valence-corrected chi connectivity index (χ2v) is 12.3. The molecule has 2 aliphatic rings. The van der Waals surface area contributed by atoms with Gasteiger partial charge in [0, 0.05) is 25.6 Å². The number of carbonyl (C=O) groups excluding carboxylic acids is 2. The topological polar surface area (TPSA) is 52.7 Å². The molecule has 3 aromatic rings. The average molecular weight is 552 g/mol. The molecule has 0 bridgehead atoms. The number of amides is 2. The quantitative estimate of drug-likeness (QED) is 0.295. The summed E-state index contributed by atoms with van der Waals surface area (Å²) >= 11 is 0. The van der Waals surface area contributed by atoms with Crippen molar-refractivity contribution in [2.45, 2.75) is 69.9 Å². The van der Waals surface area contributed by atoms with Gasteiger partial charge in [0.2, 0.25) is 11.8 Å². The van der Waals surface area contributed by atoms with Crippen LogP contribution in [-0.2, 0) is 16.0 Å². The summed E-state index contributed by atoms with van der Waals surface area (Å²) in [7, 11) is 0. The van der Waals surface area contributed by atoms with Crippen molar-refractivity contribution in [2.75, 3.05) is 26.2 Å². The number of carbonyl (C=O) groups is 2. The number of nitrogens with one attached hydrogen (secondary N) is 1. The summed E-state index contributed by atoms with van der Waals surface area (Å²) in [5, 5.41) is 3.18. The first-order valence-electron chi connectivity index (χ1n) is 15.4. The molecule has 2 aliphatic heterocycles. The molecule has 216 valence electrons. The van der Waals surface area contributed by atoms with E-state index in [0.717, 1.165) is 38.9 Å². The SMILES string of the molecule is CC(C)CC1NC(=O)C2(CCN(CCCCc3ccccc3)CC2)N(CC(c2ccccc2)c2ccccc2)C1=O. The molecule has 5 heteroatoms. The number of piperazine rings is 1. The molecular formula is C36H45N3O2. The molecule has 0 radical (unpaired) electrons. The maximum absolute atomic E-state index is 14.2. The zero-order valence-corrected chi connectivity index (χ0v) is 24.7. The predicted molar refractivity (Wildman–Crippen MR) is 166 cm³/mol. The fourth-order valence-electron chi connectivity index (χ4n) is 6.68. The molecular weight excluding hydrogens is 506 g/mol. The minimum Gasteiger partial charge on any atom is -0.342 e. The molecule has 41 heavy (non-hydrogen) atoms. The van der Waals surface area contributed by atoms with Crippen LogP contribution >= 0.6 is 0 Å². The second-order valence-electron chi connectivity index (χ2n) is 12.3.